The molecule has 1 unspecified atom stereocenters. The molecule has 0 amide bonds. The van der Waals surface area contributed by atoms with Crippen LogP contribution in [0.5, 0.6) is 0 Å². The zero-order chi connectivity index (χ0) is 9.59. The van der Waals surface area contributed by atoms with Crippen LogP contribution in [0.4, 0.5) is 0 Å². The van der Waals surface area contributed by atoms with Gasteiger partial charge in [-0.15, -0.1) is 0 Å². The highest BCUT2D eigenvalue weighted by atomic mass is 35.5. The Bertz CT molecular complexity index is 372. The van der Waals surface area contributed by atoms with Gasteiger partial charge < -0.3 is 9.67 Å². The molecule has 1 N–H and O–H groups in total. The Morgan fingerprint density at radius 2 is 2.46 bits per heavy atom. The first-order chi connectivity index (χ1) is 6.11. The number of hydrogen-bond acceptors (Lipinski definition) is 2. The number of hydrogen-bond donors (Lipinski definition) is 1. The molecule has 13 heavy (non-hydrogen) atoms. The molecule has 0 aliphatic carbocycles. The number of imidazole rings is 1. The van der Waals surface area contributed by atoms with Crippen LogP contribution in [0.3, 0.4) is 0 Å². The smallest absolute Gasteiger partial charge is 0.326 e. The molecule has 0 saturated carbocycles. The summed E-state index contributed by atoms with van der Waals surface area (Å²) in [5.74, 6) is -0.0224. The van der Waals surface area contributed by atoms with Gasteiger partial charge in [0.1, 0.15) is 17.0 Å². The van der Waals surface area contributed by atoms with E-state index in [2.05, 4.69) is 4.98 Å². The summed E-state index contributed by atoms with van der Waals surface area (Å²) < 4.78 is 1.71. The lowest BCUT2D eigenvalue weighted by Crippen LogP contribution is -2.15. The van der Waals surface area contributed by atoms with E-state index < -0.39 is 12.0 Å². The van der Waals surface area contributed by atoms with E-state index in [-0.39, 0.29) is 0 Å². The summed E-state index contributed by atoms with van der Waals surface area (Å²) in [7, 11) is 0. The van der Waals surface area contributed by atoms with Crippen LogP contribution in [0.2, 0.25) is 5.15 Å². The van der Waals surface area contributed by atoms with Gasteiger partial charge in [0.25, 0.3) is 0 Å². The van der Waals surface area contributed by atoms with Crippen LogP contribution in [-0.4, -0.2) is 20.6 Å². The number of rotatable bonds is 1. The molecule has 0 radical (unpaired) electrons. The van der Waals surface area contributed by atoms with Crippen molar-refractivity contribution in [3.05, 3.63) is 16.7 Å². The third kappa shape index (κ3) is 1.13. The first-order valence-corrected chi connectivity index (χ1v) is 4.45. The maximum absolute atomic E-state index is 10.8. The van der Waals surface area contributed by atoms with E-state index in [0.29, 0.717) is 18.0 Å². The van der Waals surface area contributed by atoms with E-state index in [1.165, 1.54) is 0 Å². The van der Waals surface area contributed by atoms with Crippen LogP contribution in [0.15, 0.2) is 0 Å². The number of carbonyl (C=O) groups is 1. The molecule has 0 spiro atoms. The van der Waals surface area contributed by atoms with E-state index in [1.54, 1.807) is 11.5 Å². The summed E-state index contributed by atoms with van der Waals surface area (Å²) in [6.07, 6.45) is 1.32. The second-order valence-electron chi connectivity index (χ2n) is 3.17. The van der Waals surface area contributed by atoms with Gasteiger partial charge in [-0.25, -0.2) is 9.78 Å². The molecule has 0 aromatic carbocycles. The van der Waals surface area contributed by atoms with Crippen LogP contribution in [0.1, 0.15) is 24.0 Å². The average molecular weight is 201 g/mol. The van der Waals surface area contributed by atoms with Gasteiger partial charge >= 0.3 is 5.97 Å². The van der Waals surface area contributed by atoms with Gasteiger partial charge in [0.05, 0.1) is 5.69 Å². The number of carboxylic acid groups (broad SMARTS) is 1. The minimum Gasteiger partial charge on any atom is -0.480 e. The van der Waals surface area contributed by atoms with Gasteiger partial charge in [0.2, 0.25) is 0 Å². The third-order valence-electron chi connectivity index (χ3n) is 2.40. The molecule has 1 aromatic heterocycles. The molecule has 1 aliphatic heterocycles. The van der Waals surface area contributed by atoms with Gasteiger partial charge in [-0.2, -0.15) is 0 Å². The number of carboxylic acids is 1. The Balaban J connectivity index is 2.51. The molecular weight excluding hydrogens is 192 g/mol. The minimum atomic E-state index is -0.809. The molecular formula is C8H9ClN2O2. The molecule has 70 valence electrons. The highest BCUT2D eigenvalue weighted by Gasteiger charge is 2.31. The fourth-order valence-corrected chi connectivity index (χ4v) is 1.95. The van der Waals surface area contributed by atoms with Gasteiger partial charge in [0.15, 0.2) is 0 Å². The standard InChI is InChI=1S/C8H9ClN2O2/c1-4-7(9)10-6-3-2-5(8(12)13)11(4)6/h5H,2-3H2,1H3,(H,12,13). The first kappa shape index (κ1) is 8.56. The molecule has 0 saturated heterocycles. The van der Waals surface area contributed by atoms with E-state index in [0.717, 1.165) is 11.5 Å². The van der Waals surface area contributed by atoms with Gasteiger partial charge in [-0.05, 0) is 13.3 Å². The third-order valence-corrected chi connectivity index (χ3v) is 2.76. The second kappa shape index (κ2) is 2.73. The van der Waals surface area contributed by atoms with Gasteiger partial charge in [0, 0.05) is 6.42 Å². The topological polar surface area (TPSA) is 55.1 Å². The molecule has 0 fully saturated rings. The lowest BCUT2D eigenvalue weighted by molar-refractivity contribution is -0.140. The zero-order valence-corrected chi connectivity index (χ0v) is 7.88. The summed E-state index contributed by atoms with van der Waals surface area (Å²) in [6.45, 7) is 1.79. The number of aromatic nitrogens is 2. The Kier molecular flexibility index (Phi) is 1.80. The van der Waals surface area contributed by atoms with Crippen molar-refractivity contribution >= 4 is 17.6 Å². The maximum atomic E-state index is 10.8. The molecule has 2 rings (SSSR count). The Hall–Kier alpha value is -1.03. The van der Waals surface area contributed by atoms with Crippen molar-refractivity contribution in [3.63, 3.8) is 0 Å². The van der Waals surface area contributed by atoms with E-state index in [1.807, 2.05) is 0 Å². The van der Waals surface area contributed by atoms with Crippen molar-refractivity contribution in [1.29, 1.82) is 0 Å². The van der Waals surface area contributed by atoms with Crippen LogP contribution >= 0.6 is 11.6 Å². The van der Waals surface area contributed by atoms with Crippen LogP contribution in [-0.2, 0) is 11.2 Å². The normalized spacial score (nSPS) is 20.3. The molecule has 1 aliphatic rings. The van der Waals surface area contributed by atoms with Crippen molar-refractivity contribution in [2.45, 2.75) is 25.8 Å². The molecule has 2 heterocycles. The summed E-state index contributed by atoms with van der Waals surface area (Å²) >= 11 is 5.79. The number of aryl methyl sites for hydroxylation is 1. The molecule has 5 heteroatoms. The van der Waals surface area contributed by atoms with Crippen molar-refractivity contribution in [3.8, 4) is 0 Å². The lowest BCUT2D eigenvalue weighted by atomic mass is 10.2. The predicted molar refractivity (Wildman–Crippen MR) is 47.0 cm³/mol. The first-order valence-electron chi connectivity index (χ1n) is 4.07. The summed E-state index contributed by atoms with van der Waals surface area (Å²) in [5, 5.41) is 9.32. The molecule has 4 nitrogen and oxygen atoms in total. The van der Waals surface area contributed by atoms with Crippen LogP contribution in [0.25, 0.3) is 0 Å². The molecule has 1 atom stereocenters. The highest BCUT2D eigenvalue weighted by molar-refractivity contribution is 6.30. The molecule has 1 aromatic rings. The largest absolute Gasteiger partial charge is 0.480 e. The fourth-order valence-electron chi connectivity index (χ4n) is 1.76. The van der Waals surface area contributed by atoms with Crippen molar-refractivity contribution in [2.75, 3.05) is 0 Å². The van der Waals surface area contributed by atoms with E-state index in [4.69, 9.17) is 16.7 Å². The zero-order valence-electron chi connectivity index (χ0n) is 7.12. The van der Waals surface area contributed by atoms with Gasteiger partial charge in [-0.1, -0.05) is 11.6 Å². The van der Waals surface area contributed by atoms with Gasteiger partial charge in [-0.3, -0.25) is 0 Å². The second-order valence-corrected chi connectivity index (χ2v) is 3.52. The van der Waals surface area contributed by atoms with Crippen molar-refractivity contribution in [1.82, 2.24) is 9.55 Å². The number of aliphatic carboxylic acids is 1. The summed E-state index contributed by atoms with van der Waals surface area (Å²) in [6, 6.07) is -0.477. The number of nitrogens with zero attached hydrogens (tertiary/aromatic N) is 2. The quantitative estimate of drug-likeness (QED) is 0.746. The Morgan fingerprint density at radius 3 is 3.08 bits per heavy atom. The van der Waals surface area contributed by atoms with E-state index >= 15 is 0 Å². The Labute approximate surface area is 80.1 Å². The average Bonchev–Trinajstić information content (AvgIpc) is 2.55. The SMILES string of the molecule is Cc1c(Cl)nc2n1C(C(=O)O)CC2. The Morgan fingerprint density at radius 1 is 1.77 bits per heavy atom. The summed E-state index contributed by atoms with van der Waals surface area (Å²) in [4.78, 5) is 14.9. The maximum Gasteiger partial charge on any atom is 0.326 e. The van der Waals surface area contributed by atoms with E-state index in [9.17, 15) is 4.79 Å². The molecule has 0 bridgehead atoms. The predicted octanol–water partition coefficient (Wildman–Crippen LogP) is 1.42. The summed E-state index contributed by atoms with van der Waals surface area (Å²) in [5.41, 5.74) is 0.751. The van der Waals surface area contributed by atoms with Crippen molar-refractivity contribution < 1.29 is 9.90 Å². The van der Waals surface area contributed by atoms with Crippen LogP contribution < -0.4 is 0 Å². The lowest BCUT2D eigenvalue weighted by Gasteiger charge is -2.08. The highest BCUT2D eigenvalue weighted by Crippen LogP contribution is 2.30. The number of fused-ring (bicyclic) bond motifs is 1. The van der Waals surface area contributed by atoms with Crippen molar-refractivity contribution in [2.24, 2.45) is 0 Å². The number of halogens is 1. The fraction of sp³-hybridized carbons (Fsp3) is 0.500. The monoisotopic (exact) mass is 200 g/mol. The minimum absolute atomic E-state index is 0.418. The van der Waals surface area contributed by atoms with Crippen LogP contribution in [0, 0.1) is 6.92 Å².